The van der Waals surface area contributed by atoms with Crippen LogP contribution in [-0.4, -0.2) is 18.5 Å². The summed E-state index contributed by atoms with van der Waals surface area (Å²) in [6.07, 6.45) is 0. The molecule has 18 heavy (non-hydrogen) atoms. The van der Waals surface area contributed by atoms with Crippen molar-refractivity contribution < 1.29 is 9.59 Å². The maximum atomic E-state index is 12.3. The predicted molar refractivity (Wildman–Crippen MR) is 71.1 cm³/mol. The van der Waals surface area contributed by atoms with Crippen LogP contribution < -0.4 is 10.2 Å². The standard InChI is InChI=1S/C12H12Cl2N2O2/c1-12(2)6-15-11(18)16(10(12)17)9-4-7(13)3-8(14)5-9/h3-5H,6H2,1-2H3,(H,15,18). The fourth-order valence-electron chi connectivity index (χ4n) is 1.75. The third-order valence-electron chi connectivity index (χ3n) is 2.77. The molecule has 3 amide bonds. The molecule has 0 unspecified atom stereocenters. The lowest BCUT2D eigenvalue weighted by atomic mass is 9.89. The van der Waals surface area contributed by atoms with Gasteiger partial charge in [-0.2, -0.15) is 0 Å². The Hall–Kier alpha value is -1.26. The first-order valence-corrected chi connectivity index (χ1v) is 6.15. The van der Waals surface area contributed by atoms with E-state index in [1.165, 1.54) is 12.1 Å². The summed E-state index contributed by atoms with van der Waals surface area (Å²) in [6, 6.07) is 4.15. The van der Waals surface area contributed by atoms with Gasteiger partial charge in [0.05, 0.1) is 11.1 Å². The summed E-state index contributed by atoms with van der Waals surface area (Å²) in [5.74, 6) is -0.274. The molecular formula is C12H12Cl2N2O2. The summed E-state index contributed by atoms with van der Waals surface area (Å²) in [5, 5.41) is 3.42. The number of halogens is 2. The molecule has 0 radical (unpaired) electrons. The Labute approximate surface area is 115 Å². The third-order valence-corrected chi connectivity index (χ3v) is 3.21. The van der Waals surface area contributed by atoms with Crippen LogP contribution in [0.25, 0.3) is 0 Å². The summed E-state index contributed by atoms with van der Waals surface area (Å²) in [6.45, 7) is 3.86. The highest BCUT2D eigenvalue weighted by atomic mass is 35.5. The maximum Gasteiger partial charge on any atom is 0.328 e. The molecule has 0 bridgehead atoms. The Balaban J connectivity index is 2.47. The zero-order valence-corrected chi connectivity index (χ0v) is 11.5. The molecule has 6 heteroatoms. The largest absolute Gasteiger partial charge is 0.336 e. The number of carbonyl (C=O) groups is 2. The number of benzene rings is 1. The van der Waals surface area contributed by atoms with Crippen LogP contribution >= 0.6 is 23.2 Å². The van der Waals surface area contributed by atoms with Crippen LogP contribution in [0.15, 0.2) is 18.2 Å². The number of nitrogens with zero attached hydrogens (tertiary/aromatic N) is 1. The van der Waals surface area contributed by atoms with E-state index in [9.17, 15) is 9.59 Å². The van der Waals surface area contributed by atoms with E-state index < -0.39 is 11.4 Å². The van der Waals surface area contributed by atoms with Crippen LogP contribution in [0.2, 0.25) is 10.0 Å². The number of anilines is 1. The Bertz CT molecular complexity index is 509. The van der Waals surface area contributed by atoms with Crippen molar-refractivity contribution in [1.29, 1.82) is 0 Å². The highest BCUT2D eigenvalue weighted by molar-refractivity contribution is 6.35. The van der Waals surface area contributed by atoms with Crippen molar-refractivity contribution in [2.75, 3.05) is 11.4 Å². The molecule has 0 spiro atoms. The van der Waals surface area contributed by atoms with Crippen LogP contribution in [0, 0.1) is 5.41 Å². The van der Waals surface area contributed by atoms with Crippen molar-refractivity contribution in [1.82, 2.24) is 5.32 Å². The summed E-state index contributed by atoms with van der Waals surface area (Å²) in [5.41, 5.74) is -0.273. The molecule has 96 valence electrons. The highest BCUT2D eigenvalue weighted by Crippen LogP contribution is 2.30. The first-order valence-electron chi connectivity index (χ1n) is 5.40. The van der Waals surface area contributed by atoms with Gasteiger partial charge < -0.3 is 5.32 Å². The van der Waals surface area contributed by atoms with E-state index in [-0.39, 0.29) is 5.91 Å². The zero-order chi connectivity index (χ0) is 13.5. The second-order valence-electron chi connectivity index (χ2n) is 4.81. The molecule has 1 aromatic carbocycles. The van der Waals surface area contributed by atoms with Gasteiger partial charge in [-0.25, -0.2) is 9.69 Å². The molecule has 1 fully saturated rings. The molecule has 1 N–H and O–H groups in total. The van der Waals surface area contributed by atoms with Gasteiger partial charge in [-0.3, -0.25) is 4.79 Å². The fourth-order valence-corrected chi connectivity index (χ4v) is 2.26. The zero-order valence-electron chi connectivity index (χ0n) is 9.96. The Morgan fingerprint density at radius 3 is 2.28 bits per heavy atom. The van der Waals surface area contributed by atoms with E-state index in [1.54, 1.807) is 19.9 Å². The molecule has 2 rings (SSSR count). The molecule has 0 saturated carbocycles. The van der Waals surface area contributed by atoms with E-state index in [1.807, 2.05) is 0 Å². The minimum atomic E-state index is -0.650. The molecule has 0 aromatic heterocycles. The Morgan fingerprint density at radius 2 is 1.72 bits per heavy atom. The summed E-state index contributed by atoms with van der Waals surface area (Å²) in [4.78, 5) is 25.2. The van der Waals surface area contributed by atoms with Crippen LogP contribution in [0.1, 0.15) is 13.8 Å². The first-order chi connectivity index (χ1) is 8.31. The van der Waals surface area contributed by atoms with Crippen molar-refractivity contribution in [3.63, 3.8) is 0 Å². The SMILES string of the molecule is CC1(C)CNC(=O)N(c2cc(Cl)cc(Cl)c2)C1=O. The summed E-state index contributed by atoms with van der Waals surface area (Å²) < 4.78 is 0. The first kappa shape index (κ1) is 13.2. The van der Waals surface area contributed by atoms with Crippen molar-refractivity contribution >= 4 is 40.8 Å². The second-order valence-corrected chi connectivity index (χ2v) is 5.68. The van der Waals surface area contributed by atoms with Gasteiger partial charge in [0.2, 0.25) is 5.91 Å². The number of nitrogens with one attached hydrogen (secondary N) is 1. The lowest BCUT2D eigenvalue weighted by molar-refractivity contribution is -0.126. The number of imide groups is 1. The third kappa shape index (κ3) is 2.31. The quantitative estimate of drug-likeness (QED) is 0.863. The van der Waals surface area contributed by atoms with E-state index in [2.05, 4.69) is 5.32 Å². The lowest BCUT2D eigenvalue weighted by Gasteiger charge is -2.36. The number of urea groups is 1. The Morgan fingerprint density at radius 1 is 1.17 bits per heavy atom. The molecule has 0 aliphatic carbocycles. The van der Waals surface area contributed by atoms with Crippen LogP contribution in [0.4, 0.5) is 10.5 Å². The van der Waals surface area contributed by atoms with Crippen LogP contribution in [-0.2, 0) is 4.79 Å². The average Bonchev–Trinajstić information content (AvgIpc) is 2.23. The van der Waals surface area contributed by atoms with Crippen LogP contribution in [0.3, 0.4) is 0 Å². The number of carbonyl (C=O) groups excluding carboxylic acids is 2. The predicted octanol–water partition coefficient (Wildman–Crippen LogP) is 3.08. The Kier molecular flexibility index (Phi) is 3.25. The van der Waals surface area contributed by atoms with Gasteiger partial charge in [-0.15, -0.1) is 0 Å². The summed E-state index contributed by atoms with van der Waals surface area (Å²) >= 11 is 11.8. The minimum absolute atomic E-state index is 0.274. The molecule has 1 aliphatic heterocycles. The van der Waals surface area contributed by atoms with Gasteiger partial charge in [0, 0.05) is 16.6 Å². The lowest BCUT2D eigenvalue weighted by Crippen LogP contribution is -2.59. The number of amides is 3. The molecular weight excluding hydrogens is 275 g/mol. The number of rotatable bonds is 1. The van der Waals surface area contributed by atoms with Crippen molar-refractivity contribution in [2.45, 2.75) is 13.8 Å². The minimum Gasteiger partial charge on any atom is -0.336 e. The highest BCUT2D eigenvalue weighted by Gasteiger charge is 2.41. The van der Waals surface area contributed by atoms with E-state index in [4.69, 9.17) is 23.2 Å². The van der Waals surface area contributed by atoms with Gasteiger partial charge in [0.1, 0.15) is 0 Å². The normalized spacial score (nSPS) is 18.8. The number of hydrogen-bond donors (Lipinski definition) is 1. The van der Waals surface area contributed by atoms with Crippen LogP contribution in [0.5, 0.6) is 0 Å². The fraction of sp³-hybridized carbons (Fsp3) is 0.333. The van der Waals surface area contributed by atoms with E-state index in [0.29, 0.717) is 22.3 Å². The number of hydrogen-bond acceptors (Lipinski definition) is 2. The van der Waals surface area contributed by atoms with E-state index in [0.717, 1.165) is 4.90 Å². The smallest absolute Gasteiger partial charge is 0.328 e. The molecule has 4 nitrogen and oxygen atoms in total. The van der Waals surface area contributed by atoms with E-state index >= 15 is 0 Å². The molecule has 1 heterocycles. The summed E-state index contributed by atoms with van der Waals surface area (Å²) in [7, 11) is 0. The molecule has 0 atom stereocenters. The van der Waals surface area contributed by atoms with Crippen molar-refractivity contribution in [3.05, 3.63) is 28.2 Å². The molecule has 1 aromatic rings. The monoisotopic (exact) mass is 286 g/mol. The van der Waals surface area contributed by atoms with Crippen molar-refractivity contribution in [3.8, 4) is 0 Å². The van der Waals surface area contributed by atoms with Gasteiger partial charge >= 0.3 is 6.03 Å². The van der Waals surface area contributed by atoms with Gasteiger partial charge in [-0.1, -0.05) is 23.2 Å². The average molecular weight is 287 g/mol. The van der Waals surface area contributed by atoms with Crippen molar-refractivity contribution in [2.24, 2.45) is 5.41 Å². The molecule has 1 saturated heterocycles. The van der Waals surface area contributed by atoms with Gasteiger partial charge in [0.15, 0.2) is 0 Å². The second kappa shape index (κ2) is 4.44. The van der Waals surface area contributed by atoms with Gasteiger partial charge in [0.25, 0.3) is 0 Å². The van der Waals surface area contributed by atoms with Gasteiger partial charge in [-0.05, 0) is 32.0 Å². The maximum absolute atomic E-state index is 12.3. The molecule has 1 aliphatic rings. The topological polar surface area (TPSA) is 49.4 Å².